The summed E-state index contributed by atoms with van der Waals surface area (Å²) < 4.78 is 4.94. The molecule has 0 aliphatic rings. The fraction of sp³-hybridized carbons (Fsp3) is 0.318. The fourth-order valence-corrected chi connectivity index (χ4v) is 2.53. The molecule has 0 saturated carbocycles. The monoisotopic (exact) mass is 367 g/mol. The van der Waals surface area contributed by atoms with E-state index in [0.29, 0.717) is 17.2 Å². The molecule has 5 heteroatoms. The minimum Gasteiger partial charge on any atom is -0.456 e. The Kier molecular flexibility index (Phi) is 7.74. The predicted molar refractivity (Wildman–Crippen MR) is 105 cm³/mol. The van der Waals surface area contributed by atoms with Crippen LogP contribution in [0.4, 0.5) is 5.69 Å². The molecule has 0 aromatic heterocycles. The summed E-state index contributed by atoms with van der Waals surface area (Å²) in [7, 11) is 0. The van der Waals surface area contributed by atoms with Gasteiger partial charge in [0.15, 0.2) is 12.4 Å². The number of nitrogens with one attached hydrogen (secondary N) is 1. The molecule has 0 bridgehead atoms. The van der Waals surface area contributed by atoms with Crippen molar-refractivity contribution in [2.45, 2.75) is 39.0 Å². The van der Waals surface area contributed by atoms with E-state index in [1.807, 2.05) is 30.3 Å². The van der Waals surface area contributed by atoms with Crippen molar-refractivity contribution in [1.82, 2.24) is 0 Å². The van der Waals surface area contributed by atoms with Crippen LogP contribution in [0.15, 0.2) is 54.6 Å². The number of ketones is 1. The maximum atomic E-state index is 11.9. The van der Waals surface area contributed by atoms with Gasteiger partial charge in [0.1, 0.15) is 0 Å². The summed E-state index contributed by atoms with van der Waals surface area (Å²) in [6.45, 7) is 3.91. The Morgan fingerprint density at radius 2 is 1.63 bits per heavy atom. The summed E-state index contributed by atoms with van der Waals surface area (Å²) >= 11 is 0. The van der Waals surface area contributed by atoms with Gasteiger partial charge in [-0.15, -0.1) is 0 Å². The SMILES string of the molecule is CC[C@@H](C)c1ccc(NC(=O)COC(=O)CCC(=O)c2ccccc2)cc1. The highest BCUT2D eigenvalue weighted by Gasteiger charge is 2.12. The van der Waals surface area contributed by atoms with Gasteiger partial charge in [-0.25, -0.2) is 0 Å². The molecule has 0 aliphatic carbocycles. The Morgan fingerprint density at radius 3 is 2.26 bits per heavy atom. The van der Waals surface area contributed by atoms with Crippen LogP contribution >= 0.6 is 0 Å². The largest absolute Gasteiger partial charge is 0.456 e. The summed E-state index contributed by atoms with van der Waals surface area (Å²) in [6.07, 6.45) is 1.06. The molecule has 2 rings (SSSR count). The zero-order chi connectivity index (χ0) is 19.6. The molecule has 0 fully saturated rings. The van der Waals surface area contributed by atoms with Gasteiger partial charge in [-0.2, -0.15) is 0 Å². The quantitative estimate of drug-likeness (QED) is 0.528. The van der Waals surface area contributed by atoms with Crippen LogP contribution in [0.2, 0.25) is 0 Å². The Balaban J connectivity index is 1.71. The average molecular weight is 367 g/mol. The molecule has 142 valence electrons. The summed E-state index contributed by atoms with van der Waals surface area (Å²) in [5.41, 5.74) is 2.43. The van der Waals surface area contributed by atoms with Gasteiger partial charge in [0.2, 0.25) is 0 Å². The Morgan fingerprint density at radius 1 is 0.963 bits per heavy atom. The molecule has 1 atom stereocenters. The topological polar surface area (TPSA) is 72.5 Å². The van der Waals surface area contributed by atoms with Gasteiger partial charge in [0, 0.05) is 17.7 Å². The number of amides is 1. The molecule has 1 N–H and O–H groups in total. The summed E-state index contributed by atoms with van der Waals surface area (Å²) in [5.74, 6) is -0.636. The maximum Gasteiger partial charge on any atom is 0.306 e. The number of rotatable bonds is 9. The molecule has 0 heterocycles. The van der Waals surface area contributed by atoms with Gasteiger partial charge in [-0.05, 0) is 30.0 Å². The number of anilines is 1. The number of hydrogen-bond acceptors (Lipinski definition) is 4. The lowest BCUT2D eigenvalue weighted by atomic mass is 9.99. The molecule has 2 aromatic carbocycles. The molecule has 0 saturated heterocycles. The maximum absolute atomic E-state index is 11.9. The van der Waals surface area contributed by atoms with Gasteiger partial charge in [0.25, 0.3) is 5.91 Å². The van der Waals surface area contributed by atoms with Gasteiger partial charge in [0.05, 0.1) is 6.42 Å². The van der Waals surface area contributed by atoms with Gasteiger partial charge in [-0.3, -0.25) is 14.4 Å². The highest BCUT2D eigenvalue weighted by molar-refractivity contribution is 5.97. The van der Waals surface area contributed by atoms with Crippen LogP contribution < -0.4 is 5.32 Å². The van der Waals surface area contributed by atoms with Crippen LogP contribution in [0.1, 0.15) is 54.9 Å². The van der Waals surface area contributed by atoms with Crippen LogP contribution in [0, 0.1) is 0 Å². The zero-order valence-corrected chi connectivity index (χ0v) is 15.7. The number of esters is 1. The molecular weight excluding hydrogens is 342 g/mol. The molecule has 0 radical (unpaired) electrons. The number of Topliss-reactive ketones (excluding diaryl/α,β-unsaturated/α-hetero) is 1. The van der Waals surface area contributed by atoms with Crippen molar-refractivity contribution in [3.8, 4) is 0 Å². The van der Waals surface area contributed by atoms with Crippen molar-refractivity contribution in [1.29, 1.82) is 0 Å². The van der Waals surface area contributed by atoms with Crippen molar-refractivity contribution in [3.63, 3.8) is 0 Å². The summed E-state index contributed by atoms with van der Waals surface area (Å²) in [6, 6.07) is 16.4. The van der Waals surface area contributed by atoms with Crippen molar-refractivity contribution in [2.75, 3.05) is 11.9 Å². The standard InChI is InChI=1S/C22H25NO4/c1-3-16(2)17-9-11-19(12-10-17)23-21(25)15-27-22(26)14-13-20(24)18-7-5-4-6-8-18/h4-12,16H,3,13-15H2,1-2H3,(H,23,25)/t16-/m1/s1. The lowest BCUT2D eigenvalue weighted by Gasteiger charge is -2.10. The zero-order valence-electron chi connectivity index (χ0n) is 15.7. The average Bonchev–Trinajstić information content (AvgIpc) is 2.71. The number of carbonyl (C=O) groups is 3. The van der Waals surface area contributed by atoms with E-state index in [9.17, 15) is 14.4 Å². The third-order valence-electron chi connectivity index (χ3n) is 4.39. The lowest BCUT2D eigenvalue weighted by Crippen LogP contribution is -2.21. The fourth-order valence-electron chi connectivity index (χ4n) is 2.53. The third-order valence-corrected chi connectivity index (χ3v) is 4.39. The first-order chi connectivity index (χ1) is 13.0. The van der Waals surface area contributed by atoms with E-state index < -0.39 is 11.9 Å². The number of carbonyl (C=O) groups excluding carboxylic acids is 3. The smallest absolute Gasteiger partial charge is 0.306 e. The van der Waals surface area contributed by atoms with Crippen molar-refractivity contribution >= 4 is 23.3 Å². The molecule has 0 aliphatic heterocycles. The van der Waals surface area contributed by atoms with Gasteiger partial charge < -0.3 is 10.1 Å². The number of hydrogen-bond donors (Lipinski definition) is 1. The Labute approximate surface area is 159 Å². The summed E-state index contributed by atoms with van der Waals surface area (Å²) in [5, 5.41) is 2.69. The lowest BCUT2D eigenvalue weighted by molar-refractivity contribution is -0.147. The van der Waals surface area contributed by atoms with Crippen LogP contribution in [0.5, 0.6) is 0 Å². The van der Waals surface area contributed by atoms with Crippen LogP contribution in [-0.2, 0) is 14.3 Å². The highest BCUT2D eigenvalue weighted by Crippen LogP contribution is 2.20. The molecule has 5 nitrogen and oxygen atoms in total. The first kappa shape index (κ1) is 20.4. The van der Waals surface area contributed by atoms with Gasteiger partial charge >= 0.3 is 5.97 Å². The van der Waals surface area contributed by atoms with E-state index in [-0.39, 0.29) is 25.2 Å². The second-order valence-electron chi connectivity index (χ2n) is 6.43. The van der Waals surface area contributed by atoms with E-state index in [0.717, 1.165) is 6.42 Å². The Hall–Kier alpha value is -2.95. The van der Waals surface area contributed by atoms with Crippen molar-refractivity contribution in [3.05, 3.63) is 65.7 Å². The molecule has 27 heavy (non-hydrogen) atoms. The molecular formula is C22H25NO4. The van der Waals surface area contributed by atoms with E-state index >= 15 is 0 Å². The number of ether oxygens (including phenoxy) is 1. The van der Waals surface area contributed by atoms with Crippen LogP contribution in [0.25, 0.3) is 0 Å². The van der Waals surface area contributed by atoms with Crippen LogP contribution in [-0.4, -0.2) is 24.3 Å². The normalized spacial score (nSPS) is 11.5. The van der Waals surface area contributed by atoms with E-state index in [1.165, 1.54) is 5.56 Å². The predicted octanol–water partition coefficient (Wildman–Crippen LogP) is 4.34. The Bertz CT molecular complexity index is 769. The second kappa shape index (κ2) is 10.3. The third kappa shape index (κ3) is 6.70. The molecule has 2 aromatic rings. The van der Waals surface area contributed by atoms with Crippen molar-refractivity contribution in [2.24, 2.45) is 0 Å². The minimum atomic E-state index is -0.568. The van der Waals surface area contributed by atoms with E-state index in [1.54, 1.807) is 24.3 Å². The first-order valence-corrected chi connectivity index (χ1v) is 9.13. The van der Waals surface area contributed by atoms with E-state index in [4.69, 9.17) is 4.74 Å². The van der Waals surface area contributed by atoms with Crippen LogP contribution in [0.3, 0.4) is 0 Å². The van der Waals surface area contributed by atoms with Crippen molar-refractivity contribution < 1.29 is 19.1 Å². The molecule has 1 amide bonds. The minimum absolute atomic E-state index is 0.0510. The second-order valence-corrected chi connectivity index (χ2v) is 6.43. The highest BCUT2D eigenvalue weighted by atomic mass is 16.5. The number of benzene rings is 2. The van der Waals surface area contributed by atoms with E-state index in [2.05, 4.69) is 19.2 Å². The van der Waals surface area contributed by atoms with Gasteiger partial charge in [-0.1, -0.05) is 56.3 Å². The molecule has 0 spiro atoms. The molecule has 0 unspecified atom stereocenters. The first-order valence-electron chi connectivity index (χ1n) is 9.13. The summed E-state index contributed by atoms with van der Waals surface area (Å²) in [4.78, 5) is 35.6.